The summed E-state index contributed by atoms with van der Waals surface area (Å²) in [5.74, 6) is -23.2. The Morgan fingerprint density at radius 1 is 0.214 bits per heavy atom. The number of benzene rings is 4. The molecule has 736 valence electrons. The normalized spacial score (nSPS) is 16.7. The first-order chi connectivity index (χ1) is 67.9. The molecule has 1 aliphatic carbocycles. The number of carbonyl (C=O) groups is 12. The van der Waals surface area contributed by atoms with Crippen molar-refractivity contribution in [1.82, 2.24) is 59.5 Å². The first kappa shape index (κ1) is 97.7. The van der Waals surface area contributed by atoms with E-state index in [1.165, 1.54) is 0 Å². The zero-order chi connectivity index (χ0) is 98.1. The molecule has 0 unspecified atom stereocenters. The summed E-state index contributed by atoms with van der Waals surface area (Å²) in [6.45, 7) is 4.33. The number of aliphatic carboxylic acids is 4. The number of rotatable bonds is 48. The highest BCUT2D eigenvalue weighted by Gasteiger charge is 2.49. The van der Waals surface area contributed by atoms with Crippen LogP contribution in [0.1, 0.15) is 437 Å². The van der Waals surface area contributed by atoms with Crippen LogP contribution in [0.15, 0.2) is 48.5 Å². The lowest BCUT2D eigenvalue weighted by atomic mass is 9.76. The Balaban J connectivity index is 1.00. The van der Waals surface area contributed by atoms with Crippen LogP contribution in [0.3, 0.4) is 0 Å². The van der Waals surface area contributed by atoms with Crippen molar-refractivity contribution in [3.63, 3.8) is 0 Å². The highest BCUT2D eigenvalue weighted by molar-refractivity contribution is 6.23. The second-order valence-electron chi connectivity index (χ2n) is 37.7. The Morgan fingerprint density at radius 2 is 0.343 bits per heavy atom. The summed E-state index contributed by atoms with van der Waals surface area (Å²) < 4.78 is 58.6. The minimum absolute atomic E-state index is 0.0220. The van der Waals surface area contributed by atoms with Crippen molar-refractivity contribution in [2.75, 3.05) is 26.2 Å². The number of carboxylic acid groups (broad SMARTS) is 4. The second-order valence-corrected chi connectivity index (χ2v) is 37.7. The number of imide groups is 4. The van der Waals surface area contributed by atoms with Crippen molar-refractivity contribution in [2.24, 2.45) is 0 Å². The third-order valence-corrected chi connectivity index (χ3v) is 27.7. The predicted octanol–water partition coefficient (Wildman–Crippen LogP) is 21.7. The molecule has 140 heavy (non-hydrogen) atoms. The van der Waals surface area contributed by atoms with E-state index in [1.807, 2.05) is 24.3 Å². The maximum absolute atomic E-state index is 14.7. The van der Waals surface area contributed by atoms with E-state index in [4.69, 9.17) is 77.8 Å². The molecule has 8 aliphatic heterocycles. The molecule has 0 atom stereocenters. The molecule has 4 N–H and O–H groups in total. The quantitative estimate of drug-likeness (QED) is 0.0203. The van der Waals surface area contributed by atoms with Crippen LogP contribution in [0.4, 0.5) is 0 Å². The molecule has 12 heterocycles. The summed E-state index contributed by atoms with van der Waals surface area (Å²) in [5.41, 5.74) is -1.23. The lowest BCUT2D eigenvalue weighted by molar-refractivity contribution is -0.138. The topological polar surface area (TPSA) is 476 Å². The zero-order valence-electron chi connectivity index (χ0n) is 79.4. The minimum Gasteiger partial charge on any atom is -0.480 e. The van der Waals surface area contributed by atoms with Crippen molar-refractivity contribution < 1.29 is 116 Å². The fourth-order valence-corrected chi connectivity index (χ4v) is 20.5. The first-order valence-electron chi connectivity index (χ1n) is 50.0. The summed E-state index contributed by atoms with van der Waals surface area (Å²) in [4.78, 5) is 208. The predicted molar refractivity (Wildman–Crippen MR) is 501 cm³/mol. The molecule has 0 fully saturated rings. The monoisotopic (exact) mass is 1920 g/mol. The molecular formula is C104H116N12O24. The maximum atomic E-state index is 14.7. The molecule has 9 aliphatic rings. The van der Waals surface area contributed by atoms with Crippen LogP contribution in [-0.4, -0.2) is 177 Å². The smallest absolute Gasteiger partial charge is 0.323 e. The summed E-state index contributed by atoms with van der Waals surface area (Å²) in [6, 6.07) is 14.2. The molecule has 4 aromatic heterocycles. The number of aromatic nitrogens is 8. The van der Waals surface area contributed by atoms with E-state index in [-0.39, 0.29) is 46.0 Å². The van der Waals surface area contributed by atoms with Gasteiger partial charge in [-0.05, 0) is 49.9 Å². The van der Waals surface area contributed by atoms with Gasteiger partial charge in [-0.3, -0.25) is 77.1 Å². The van der Waals surface area contributed by atoms with Crippen LogP contribution in [0.2, 0.25) is 0 Å². The maximum Gasteiger partial charge on any atom is 0.323 e. The molecule has 8 amide bonds. The largest absolute Gasteiger partial charge is 0.480 e. The van der Waals surface area contributed by atoms with Gasteiger partial charge in [0.15, 0.2) is 45.6 Å². The van der Waals surface area contributed by atoms with Gasteiger partial charge in [0, 0.05) is 92.4 Å². The van der Waals surface area contributed by atoms with Gasteiger partial charge in [-0.1, -0.05) is 259 Å². The molecule has 36 nitrogen and oxygen atoms in total. The molecule has 8 bridgehead atoms. The fourth-order valence-electron chi connectivity index (χ4n) is 20.5. The molecule has 36 heteroatoms. The lowest BCUT2D eigenvalue weighted by Gasteiger charge is -2.30. The van der Waals surface area contributed by atoms with Gasteiger partial charge in [0.2, 0.25) is 0 Å². The van der Waals surface area contributed by atoms with E-state index in [0.717, 1.165) is 180 Å². The van der Waals surface area contributed by atoms with E-state index in [9.17, 15) is 78.0 Å². The standard InChI is InChI=1S/C104H116N12O24/c1-5-9-13-17-21-25-29-33-37-41-57-61-45-63-58(42-38-34-30-26-22-18-14-10-6-2)65-47-67-60(44-40-36-32-28-24-20-16-12-8-4)68-48-66-59(43-39-35-31-27-23-19-15-11-7-3)64-46-62(57)70-50-72(64)136-92-94(110-86-84(108-92)100(128)115(102(86)130)55-79(121)122)138-74(66)52-76(68)140-96-95(111-87-88(112-96)104(132)116(103(87)131)56-80(123)124)139-75(67)51-73(65)137-93-91(107-83-85(109-93)101(129)114(99(83)127)54-78(119)120)135-71(63)49-69(61)133-89-90(134-70)106-82-81(105-89)97(125)113(98(82)126)53-77(117)118/h45-52,57-60H,5-44,53-56H2,1-4H3,(H,117,118)(H,119,120)(H,121,122)(H,123,124). The van der Waals surface area contributed by atoms with E-state index in [2.05, 4.69) is 27.7 Å². The number of unbranched alkanes of at least 4 members (excludes halogenated alkanes) is 32. The Kier molecular flexibility index (Phi) is 30.4. The molecule has 0 radical (unpaired) electrons. The van der Waals surface area contributed by atoms with Crippen LogP contribution in [0.5, 0.6) is 93.0 Å². The highest BCUT2D eigenvalue weighted by Crippen LogP contribution is 2.60. The number of amides is 8. The van der Waals surface area contributed by atoms with E-state index < -0.39 is 214 Å². The first-order valence-corrected chi connectivity index (χ1v) is 50.0. The zero-order valence-corrected chi connectivity index (χ0v) is 79.4. The van der Waals surface area contributed by atoms with Crippen molar-refractivity contribution >= 4 is 71.1 Å². The Morgan fingerprint density at radius 3 is 0.471 bits per heavy atom. The fraction of sp³-hybridized carbons (Fsp3) is 0.500. The number of nitrogens with zero attached hydrogens (tertiary/aromatic N) is 12. The number of hydrogen-bond donors (Lipinski definition) is 4. The number of carboxylic acids is 4. The third kappa shape index (κ3) is 20.6. The Hall–Kier alpha value is -14.0. The summed E-state index contributed by atoms with van der Waals surface area (Å²) in [5, 5.41) is 40.9. The average molecular weight is 1920 g/mol. The van der Waals surface area contributed by atoms with Gasteiger partial charge >= 0.3 is 23.9 Å². The van der Waals surface area contributed by atoms with Crippen molar-refractivity contribution in [2.45, 2.75) is 308 Å². The van der Waals surface area contributed by atoms with Gasteiger partial charge in [0.1, 0.15) is 72.2 Å². The van der Waals surface area contributed by atoms with Crippen LogP contribution in [0.25, 0.3) is 0 Å². The van der Waals surface area contributed by atoms with Crippen LogP contribution < -0.4 is 37.9 Å². The van der Waals surface area contributed by atoms with E-state index in [0.29, 0.717) is 141 Å². The number of hydrogen-bond acceptors (Lipinski definition) is 28. The SMILES string of the molecule is CCCCCCCCCCCC1c2cc3c4cc2Oc2nc5c(nc2Oc2cc6c(cc21)C(CCCCCCCCCCC)c1cc2c(cc1Oc1nc7c(nc1O6)C(=O)N(CC(=O)O)C7=O)Oc1nc6c(nc1Oc1cc(c(cc1C2CCCCCCCCCCC)C3CCCCCCCCCCC)Oc1nc2c(nc1O4)C(=O)N(CC(=O)O)C2=O)C(=O)N(CC(=O)O)C6=O)C(=O)N(CC(=O)O)C5=O. The molecule has 8 aromatic rings. The molecule has 0 saturated heterocycles. The minimum atomic E-state index is -1.53. The van der Waals surface area contributed by atoms with Crippen LogP contribution >= 0.6 is 0 Å². The number of ether oxygens (including phenoxy) is 8. The highest BCUT2D eigenvalue weighted by atomic mass is 16.6. The van der Waals surface area contributed by atoms with Crippen molar-refractivity contribution in [3.8, 4) is 93.0 Å². The molecular weight excluding hydrogens is 1800 g/mol. The number of carbonyl (C=O) groups excluding carboxylic acids is 8. The Labute approximate surface area is 808 Å². The van der Waals surface area contributed by atoms with Crippen LogP contribution in [0, 0.1) is 0 Å². The Bertz CT molecular complexity index is 5240. The van der Waals surface area contributed by atoms with Gasteiger partial charge in [-0.15, -0.1) is 0 Å². The van der Waals surface area contributed by atoms with E-state index in [1.54, 1.807) is 24.3 Å². The van der Waals surface area contributed by atoms with Crippen molar-refractivity contribution in [1.29, 1.82) is 0 Å². The third-order valence-electron chi connectivity index (χ3n) is 27.7. The van der Waals surface area contributed by atoms with Crippen LogP contribution in [-0.2, 0) is 19.2 Å². The second kappa shape index (κ2) is 43.6. The van der Waals surface area contributed by atoms with Gasteiger partial charge in [0.25, 0.3) is 94.3 Å². The van der Waals surface area contributed by atoms with Gasteiger partial charge in [0.05, 0.1) is 0 Å². The average Bonchev–Trinajstić information content (AvgIpc) is 1.56. The lowest BCUT2D eigenvalue weighted by Crippen LogP contribution is -2.34. The molecule has 4 aromatic carbocycles. The van der Waals surface area contributed by atoms with Gasteiger partial charge in [-0.25, -0.2) is 39.9 Å². The van der Waals surface area contributed by atoms with E-state index >= 15 is 0 Å². The van der Waals surface area contributed by atoms with Gasteiger partial charge < -0.3 is 58.3 Å². The van der Waals surface area contributed by atoms with Crippen molar-refractivity contribution in [3.05, 3.63) is 139 Å². The summed E-state index contributed by atoms with van der Waals surface area (Å²) in [6.07, 6.45) is 34.7. The number of fused-ring (bicyclic) bond motifs is 8. The molecule has 0 spiro atoms. The van der Waals surface area contributed by atoms with Gasteiger partial charge in [-0.2, -0.15) is 0 Å². The molecule has 17 rings (SSSR count). The summed E-state index contributed by atoms with van der Waals surface area (Å²) >= 11 is 0. The summed E-state index contributed by atoms with van der Waals surface area (Å²) in [7, 11) is 0. The molecule has 0 saturated carbocycles.